The number of esters is 1. The third-order valence-corrected chi connectivity index (χ3v) is 4.93. The van der Waals surface area contributed by atoms with Gasteiger partial charge in [-0.15, -0.1) is 0 Å². The third-order valence-electron chi connectivity index (χ3n) is 4.93. The van der Waals surface area contributed by atoms with Crippen molar-refractivity contribution in [3.8, 4) is 0 Å². The summed E-state index contributed by atoms with van der Waals surface area (Å²) in [7, 11) is 0. The van der Waals surface area contributed by atoms with E-state index in [4.69, 9.17) is 10.5 Å². The topological polar surface area (TPSA) is 131 Å². The van der Waals surface area contributed by atoms with Gasteiger partial charge in [0.05, 0.1) is 0 Å². The fraction of sp³-hybridized carbons (Fsp3) is 0.609. The number of ether oxygens (including phenoxy) is 1. The van der Waals surface area contributed by atoms with Crippen LogP contribution in [0.5, 0.6) is 0 Å². The van der Waals surface area contributed by atoms with E-state index in [0.29, 0.717) is 12.8 Å². The number of nitrogens with two attached hydrogens (primary N) is 1. The molecule has 174 valence electrons. The van der Waals surface area contributed by atoms with Gasteiger partial charge in [-0.1, -0.05) is 65.0 Å². The maximum Gasteiger partial charge on any atom is 0.329 e. The van der Waals surface area contributed by atoms with Crippen LogP contribution in [0, 0.1) is 11.8 Å². The first kappa shape index (κ1) is 26.6. The van der Waals surface area contributed by atoms with Crippen LogP contribution < -0.4 is 16.4 Å². The third kappa shape index (κ3) is 9.06. The number of aliphatic hydroxyl groups is 1. The van der Waals surface area contributed by atoms with Gasteiger partial charge in [-0.05, 0) is 30.2 Å². The number of benzene rings is 1. The van der Waals surface area contributed by atoms with Crippen LogP contribution in [0.3, 0.4) is 0 Å². The lowest BCUT2D eigenvalue weighted by Gasteiger charge is -2.27. The molecule has 0 fully saturated rings. The number of carbonyl (C=O) groups is 3. The summed E-state index contributed by atoms with van der Waals surface area (Å²) in [5.74, 6) is -1.88. The Morgan fingerprint density at radius 2 is 1.65 bits per heavy atom. The average molecular weight is 436 g/mol. The molecule has 1 rings (SSSR count). The Balaban J connectivity index is 2.83. The van der Waals surface area contributed by atoms with E-state index in [2.05, 4.69) is 10.6 Å². The summed E-state index contributed by atoms with van der Waals surface area (Å²) in [6.45, 7) is 9.28. The van der Waals surface area contributed by atoms with E-state index in [1.807, 2.05) is 44.2 Å². The molecule has 2 amide bonds. The van der Waals surface area contributed by atoms with Gasteiger partial charge < -0.3 is 26.2 Å². The Hall–Kier alpha value is -2.45. The van der Waals surface area contributed by atoms with Crippen molar-refractivity contribution in [1.29, 1.82) is 0 Å². The highest BCUT2D eigenvalue weighted by Gasteiger charge is 2.32. The molecule has 1 aromatic carbocycles. The number of hydrogen-bond donors (Lipinski definition) is 4. The van der Waals surface area contributed by atoms with Gasteiger partial charge in [-0.3, -0.25) is 9.59 Å². The first-order chi connectivity index (χ1) is 14.6. The Labute approximate surface area is 184 Å². The highest BCUT2D eigenvalue weighted by atomic mass is 16.5. The molecule has 1 aromatic rings. The summed E-state index contributed by atoms with van der Waals surface area (Å²) in [6, 6.07) is 6.76. The summed E-state index contributed by atoms with van der Waals surface area (Å²) in [4.78, 5) is 37.9. The van der Waals surface area contributed by atoms with Crippen LogP contribution >= 0.6 is 0 Å². The van der Waals surface area contributed by atoms with Crippen LogP contribution in [0.4, 0.5) is 0 Å². The van der Waals surface area contributed by atoms with E-state index in [1.54, 1.807) is 20.8 Å². The minimum atomic E-state index is -1.41. The molecule has 0 radical (unpaired) electrons. The van der Waals surface area contributed by atoms with Gasteiger partial charge in [-0.25, -0.2) is 4.79 Å². The monoisotopic (exact) mass is 435 g/mol. The number of nitrogens with one attached hydrogen (secondary N) is 2. The molecular formula is C23H37N3O5. The Morgan fingerprint density at radius 1 is 1.03 bits per heavy atom. The summed E-state index contributed by atoms with van der Waals surface area (Å²) in [5, 5.41) is 15.3. The van der Waals surface area contributed by atoms with E-state index in [-0.39, 0.29) is 18.4 Å². The molecule has 0 saturated heterocycles. The molecule has 4 atom stereocenters. The SMILES string of the molecule is CC[C@H](N)C(O)C(=O)N[C@H](CC(C)C)C(=O)N[C@H](C(=O)OCc1ccccc1)C(C)C. The average Bonchev–Trinajstić information content (AvgIpc) is 2.74. The van der Waals surface area contributed by atoms with E-state index >= 15 is 0 Å². The largest absolute Gasteiger partial charge is 0.459 e. The van der Waals surface area contributed by atoms with E-state index in [9.17, 15) is 19.5 Å². The zero-order chi connectivity index (χ0) is 23.6. The normalized spacial score (nSPS) is 15.1. The first-order valence-electron chi connectivity index (χ1n) is 10.8. The molecule has 31 heavy (non-hydrogen) atoms. The molecule has 8 heteroatoms. The molecule has 1 unspecified atom stereocenters. The lowest BCUT2D eigenvalue weighted by atomic mass is 9.99. The molecule has 0 aromatic heterocycles. The second kappa shape index (κ2) is 13.1. The van der Waals surface area contributed by atoms with Crippen molar-refractivity contribution in [2.45, 2.75) is 78.3 Å². The van der Waals surface area contributed by atoms with Gasteiger partial charge >= 0.3 is 5.97 Å². The highest BCUT2D eigenvalue weighted by Crippen LogP contribution is 2.11. The Bertz CT molecular complexity index is 708. The van der Waals surface area contributed by atoms with Gasteiger partial charge in [0.25, 0.3) is 5.91 Å². The van der Waals surface area contributed by atoms with Crippen molar-refractivity contribution in [2.24, 2.45) is 17.6 Å². The fourth-order valence-electron chi connectivity index (χ4n) is 2.95. The van der Waals surface area contributed by atoms with Crippen molar-refractivity contribution < 1.29 is 24.2 Å². The van der Waals surface area contributed by atoms with Crippen LogP contribution in [-0.4, -0.2) is 47.1 Å². The standard InChI is InChI=1S/C23H37N3O5/c1-6-17(24)20(27)22(29)25-18(12-14(2)3)21(28)26-19(15(4)5)23(30)31-13-16-10-8-7-9-11-16/h7-11,14-15,17-20,27H,6,12-13,24H2,1-5H3,(H,25,29)(H,26,28)/t17-,18+,19-,20?/m0/s1. The highest BCUT2D eigenvalue weighted by molar-refractivity contribution is 5.92. The lowest BCUT2D eigenvalue weighted by molar-refractivity contribution is -0.150. The van der Waals surface area contributed by atoms with Crippen molar-refractivity contribution >= 4 is 17.8 Å². The summed E-state index contributed by atoms with van der Waals surface area (Å²) in [5.41, 5.74) is 6.58. The fourth-order valence-corrected chi connectivity index (χ4v) is 2.95. The second-order valence-electron chi connectivity index (χ2n) is 8.53. The molecular weight excluding hydrogens is 398 g/mol. The lowest BCUT2D eigenvalue weighted by Crippen LogP contribution is -2.56. The first-order valence-corrected chi connectivity index (χ1v) is 10.8. The zero-order valence-corrected chi connectivity index (χ0v) is 19.1. The van der Waals surface area contributed by atoms with E-state index in [1.165, 1.54) is 0 Å². The number of amides is 2. The maximum atomic E-state index is 12.9. The molecule has 0 aliphatic carbocycles. The predicted octanol–water partition coefficient (Wildman–Crippen LogP) is 1.50. The van der Waals surface area contributed by atoms with E-state index in [0.717, 1.165) is 5.56 Å². The van der Waals surface area contributed by atoms with Gasteiger partial charge in [0, 0.05) is 6.04 Å². The molecule has 0 aliphatic rings. The maximum absolute atomic E-state index is 12.9. The van der Waals surface area contributed by atoms with Crippen LogP contribution in [0.2, 0.25) is 0 Å². The molecule has 0 spiro atoms. The molecule has 0 heterocycles. The van der Waals surface area contributed by atoms with Crippen molar-refractivity contribution in [1.82, 2.24) is 10.6 Å². The smallest absolute Gasteiger partial charge is 0.329 e. The minimum Gasteiger partial charge on any atom is -0.459 e. The van der Waals surface area contributed by atoms with Crippen LogP contribution in [0.15, 0.2) is 30.3 Å². The molecule has 5 N–H and O–H groups in total. The van der Waals surface area contributed by atoms with Crippen molar-refractivity contribution in [3.63, 3.8) is 0 Å². The van der Waals surface area contributed by atoms with Crippen LogP contribution in [-0.2, 0) is 25.7 Å². The second-order valence-corrected chi connectivity index (χ2v) is 8.53. The van der Waals surface area contributed by atoms with Crippen LogP contribution in [0.25, 0.3) is 0 Å². The van der Waals surface area contributed by atoms with Gasteiger partial charge in [0.2, 0.25) is 5.91 Å². The van der Waals surface area contributed by atoms with Crippen molar-refractivity contribution in [2.75, 3.05) is 0 Å². The summed E-state index contributed by atoms with van der Waals surface area (Å²) < 4.78 is 5.38. The van der Waals surface area contributed by atoms with Gasteiger partial charge in [0.15, 0.2) is 0 Å². The zero-order valence-electron chi connectivity index (χ0n) is 19.1. The molecule has 0 bridgehead atoms. The molecule has 0 saturated carbocycles. The summed E-state index contributed by atoms with van der Waals surface area (Å²) >= 11 is 0. The Kier molecular flexibility index (Phi) is 11.2. The van der Waals surface area contributed by atoms with Gasteiger partial charge in [0.1, 0.15) is 24.8 Å². The van der Waals surface area contributed by atoms with Gasteiger partial charge in [-0.2, -0.15) is 0 Å². The van der Waals surface area contributed by atoms with E-state index < -0.39 is 42.0 Å². The van der Waals surface area contributed by atoms with Crippen molar-refractivity contribution in [3.05, 3.63) is 35.9 Å². The summed E-state index contributed by atoms with van der Waals surface area (Å²) in [6.07, 6.45) is -0.655. The Morgan fingerprint density at radius 3 is 2.16 bits per heavy atom. The molecule has 0 aliphatic heterocycles. The quantitative estimate of drug-likeness (QED) is 0.368. The van der Waals surface area contributed by atoms with Crippen LogP contribution in [0.1, 0.15) is 53.0 Å². The number of rotatable bonds is 12. The number of aliphatic hydroxyl groups excluding tert-OH is 1. The minimum absolute atomic E-state index is 0.0931. The number of hydrogen-bond acceptors (Lipinski definition) is 6. The molecule has 8 nitrogen and oxygen atoms in total. The number of carbonyl (C=O) groups excluding carboxylic acids is 3. The predicted molar refractivity (Wildman–Crippen MR) is 119 cm³/mol.